The van der Waals surface area contributed by atoms with Crippen molar-refractivity contribution in [2.45, 2.75) is 32.2 Å². The number of nitrogens with zero attached hydrogens (tertiary/aromatic N) is 3. The molecule has 0 bridgehead atoms. The predicted octanol–water partition coefficient (Wildman–Crippen LogP) is 1.08. The number of hydrogen-bond donors (Lipinski definition) is 0. The van der Waals surface area contributed by atoms with Crippen molar-refractivity contribution >= 4 is 5.91 Å². The van der Waals surface area contributed by atoms with Crippen LogP contribution >= 0.6 is 0 Å². The summed E-state index contributed by atoms with van der Waals surface area (Å²) in [5, 5.41) is 3.78. The van der Waals surface area contributed by atoms with Gasteiger partial charge in [-0.25, -0.2) is 0 Å². The zero-order valence-electron chi connectivity index (χ0n) is 11.3. The summed E-state index contributed by atoms with van der Waals surface area (Å²) in [6.45, 7) is 3.55. The van der Waals surface area contributed by atoms with Crippen molar-refractivity contribution in [2.75, 3.05) is 27.2 Å². The zero-order valence-corrected chi connectivity index (χ0v) is 11.3. The molecule has 0 N–H and O–H groups in total. The number of aryl methyl sites for hydroxylation is 1. The molecule has 1 aromatic rings. The van der Waals surface area contributed by atoms with E-state index in [1.807, 2.05) is 20.0 Å². The first-order chi connectivity index (χ1) is 8.56. The van der Waals surface area contributed by atoms with E-state index in [1.54, 1.807) is 4.90 Å². The van der Waals surface area contributed by atoms with Gasteiger partial charge in [-0.2, -0.15) is 0 Å². The normalized spacial score (nSPS) is 15.1. The quantitative estimate of drug-likeness (QED) is 0.759. The maximum atomic E-state index is 11.9. The lowest BCUT2D eigenvalue weighted by Crippen LogP contribution is -2.36. The molecule has 0 saturated heterocycles. The summed E-state index contributed by atoms with van der Waals surface area (Å²) in [5.41, 5.74) is 0.814. The van der Waals surface area contributed by atoms with Crippen LogP contribution in [0, 0.1) is 6.92 Å². The molecule has 1 fully saturated rings. The van der Waals surface area contributed by atoms with Crippen LogP contribution in [0.25, 0.3) is 0 Å². The number of amides is 1. The third-order valence-electron chi connectivity index (χ3n) is 3.39. The number of carbonyl (C=O) groups is 1. The average molecular weight is 251 g/mol. The summed E-state index contributed by atoms with van der Waals surface area (Å²) >= 11 is 0. The van der Waals surface area contributed by atoms with Crippen molar-refractivity contribution in [3.8, 4) is 0 Å². The molecule has 1 aliphatic rings. The van der Waals surface area contributed by atoms with Gasteiger partial charge in [-0.15, -0.1) is 0 Å². The summed E-state index contributed by atoms with van der Waals surface area (Å²) in [6, 6.07) is 2.55. The van der Waals surface area contributed by atoms with Crippen LogP contribution in [-0.2, 0) is 11.2 Å². The van der Waals surface area contributed by atoms with Crippen molar-refractivity contribution in [1.29, 1.82) is 0 Å². The molecule has 0 radical (unpaired) electrons. The summed E-state index contributed by atoms with van der Waals surface area (Å²) < 4.78 is 5.05. The second-order valence-corrected chi connectivity index (χ2v) is 5.14. The highest BCUT2D eigenvalue weighted by atomic mass is 16.5. The van der Waals surface area contributed by atoms with Crippen LogP contribution in [0.2, 0.25) is 0 Å². The van der Waals surface area contributed by atoms with E-state index >= 15 is 0 Å². The summed E-state index contributed by atoms with van der Waals surface area (Å²) in [5.74, 6) is 0.718. The van der Waals surface area contributed by atoms with Gasteiger partial charge >= 0.3 is 0 Å². The summed E-state index contributed by atoms with van der Waals surface area (Å²) in [4.78, 5) is 16.0. The zero-order chi connectivity index (χ0) is 13.1. The molecule has 0 aliphatic heterocycles. The largest absolute Gasteiger partial charge is 0.361 e. The van der Waals surface area contributed by atoms with Crippen molar-refractivity contribution in [1.82, 2.24) is 15.0 Å². The smallest absolute Gasteiger partial charge is 0.230 e. The first kappa shape index (κ1) is 13.1. The molecule has 100 valence electrons. The Hall–Kier alpha value is -1.36. The molecule has 1 heterocycles. The first-order valence-electron chi connectivity index (χ1n) is 6.42. The molecule has 5 heteroatoms. The highest BCUT2D eigenvalue weighted by Gasteiger charge is 2.26. The molecule has 2 rings (SSSR count). The fourth-order valence-electron chi connectivity index (χ4n) is 1.91. The standard InChI is InChI=1S/C13H21N3O2/c1-10-8-12(18-14-10)9-13(17)16(3)7-6-15(2)11-4-5-11/h8,11H,4-7,9H2,1-3H3. The van der Waals surface area contributed by atoms with E-state index in [2.05, 4.69) is 17.1 Å². The van der Waals surface area contributed by atoms with Crippen LogP contribution in [0.5, 0.6) is 0 Å². The van der Waals surface area contributed by atoms with Gasteiger partial charge in [-0.05, 0) is 26.8 Å². The second kappa shape index (κ2) is 5.52. The Labute approximate surface area is 108 Å². The van der Waals surface area contributed by atoms with Crippen molar-refractivity contribution in [3.63, 3.8) is 0 Å². The van der Waals surface area contributed by atoms with Crippen LogP contribution < -0.4 is 0 Å². The van der Waals surface area contributed by atoms with E-state index in [0.717, 1.165) is 24.8 Å². The Balaban J connectivity index is 1.73. The highest BCUT2D eigenvalue weighted by molar-refractivity contribution is 5.77. The minimum absolute atomic E-state index is 0.0790. The van der Waals surface area contributed by atoms with Crippen LogP contribution in [0.1, 0.15) is 24.3 Å². The van der Waals surface area contributed by atoms with Gasteiger partial charge in [0.25, 0.3) is 0 Å². The SMILES string of the molecule is Cc1cc(CC(=O)N(C)CCN(C)C2CC2)on1. The lowest BCUT2D eigenvalue weighted by molar-refractivity contribution is -0.129. The molecule has 0 aromatic carbocycles. The molecule has 0 unspecified atom stereocenters. The van der Waals surface area contributed by atoms with E-state index in [4.69, 9.17) is 4.52 Å². The predicted molar refractivity (Wildman–Crippen MR) is 68.2 cm³/mol. The lowest BCUT2D eigenvalue weighted by atomic mass is 10.3. The van der Waals surface area contributed by atoms with Gasteiger partial charge in [0.1, 0.15) is 5.76 Å². The number of carbonyl (C=O) groups excluding carboxylic acids is 1. The monoisotopic (exact) mass is 251 g/mol. The molecular weight excluding hydrogens is 230 g/mol. The van der Waals surface area contributed by atoms with Gasteiger partial charge in [0.2, 0.25) is 5.91 Å². The summed E-state index contributed by atoms with van der Waals surface area (Å²) in [7, 11) is 3.96. The maximum absolute atomic E-state index is 11.9. The highest BCUT2D eigenvalue weighted by Crippen LogP contribution is 2.24. The van der Waals surface area contributed by atoms with Gasteiger partial charge in [0, 0.05) is 32.2 Å². The van der Waals surface area contributed by atoms with Gasteiger partial charge < -0.3 is 14.3 Å². The molecule has 0 atom stereocenters. The van der Waals surface area contributed by atoms with Gasteiger partial charge in [0.05, 0.1) is 12.1 Å². The van der Waals surface area contributed by atoms with E-state index in [9.17, 15) is 4.79 Å². The molecule has 1 saturated carbocycles. The third-order valence-corrected chi connectivity index (χ3v) is 3.39. The maximum Gasteiger partial charge on any atom is 0.230 e. The van der Waals surface area contributed by atoms with Crippen molar-refractivity contribution in [3.05, 3.63) is 17.5 Å². The Morgan fingerprint density at radius 3 is 2.72 bits per heavy atom. The van der Waals surface area contributed by atoms with Crippen molar-refractivity contribution < 1.29 is 9.32 Å². The van der Waals surface area contributed by atoms with Crippen LogP contribution in [-0.4, -0.2) is 54.1 Å². The molecule has 18 heavy (non-hydrogen) atoms. The number of hydrogen-bond acceptors (Lipinski definition) is 4. The molecular formula is C13H21N3O2. The molecule has 1 amide bonds. The Kier molecular flexibility index (Phi) is 4.01. The van der Waals surface area contributed by atoms with Crippen molar-refractivity contribution in [2.24, 2.45) is 0 Å². The minimum Gasteiger partial charge on any atom is -0.361 e. The van der Waals surface area contributed by atoms with Gasteiger partial charge in [0.15, 0.2) is 0 Å². The summed E-state index contributed by atoms with van der Waals surface area (Å²) in [6.07, 6.45) is 2.89. The Bertz CT molecular complexity index is 412. The lowest BCUT2D eigenvalue weighted by Gasteiger charge is -2.21. The van der Waals surface area contributed by atoms with Crippen LogP contribution in [0.4, 0.5) is 0 Å². The Morgan fingerprint density at radius 2 is 2.17 bits per heavy atom. The topological polar surface area (TPSA) is 49.6 Å². The minimum atomic E-state index is 0.0790. The second-order valence-electron chi connectivity index (χ2n) is 5.14. The van der Waals surface area contributed by atoms with E-state index < -0.39 is 0 Å². The van der Waals surface area contributed by atoms with E-state index in [-0.39, 0.29) is 5.91 Å². The van der Waals surface area contributed by atoms with E-state index in [0.29, 0.717) is 12.2 Å². The fraction of sp³-hybridized carbons (Fsp3) is 0.692. The van der Waals surface area contributed by atoms with Gasteiger partial charge in [-0.3, -0.25) is 4.79 Å². The van der Waals surface area contributed by atoms with Gasteiger partial charge in [-0.1, -0.05) is 5.16 Å². The van der Waals surface area contributed by atoms with E-state index in [1.165, 1.54) is 12.8 Å². The molecule has 1 aliphatic carbocycles. The molecule has 0 spiro atoms. The third kappa shape index (κ3) is 3.57. The fourth-order valence-corrected chi connectivity index (χ4v) is 1.91. The molecule has 5 nitrogen and oxygen atoms in total. The van der Waals surface area contributed by atoms with Crippen LogP contribution in [0.15, 0.2) is 10.6 Å². The van der Waals surface area contributed by atoms with Crippen LogP contribution in [0.3, 0.4) is 0 Å². The molecule has 1 aromatic heterocycles. The average Bonchev–Trinajstić information content (AvgIpc) is 3.10. The number of aromatic nitrogens is 1. The number of likely N-dealkylation sites (N-methyl/N-ethyl adjacent to an activating group) is 2. The Morgan fingerprint density at radius 1 is 1.44 bits per heavy atom. The number of rotatable bonds is 6. The first-order valence-corrected chi connectivity index (χ1v) is 6.42.